The topological polar surface area (TPSA) is 59.4 Å². The molecule has 0 aliphatic rings. The molecule has 0 amide bonds. The smallest absolute Gasteiger partial charge is 0.347 e. The van der Waals surface area contributed by atoms with Gasteiger partial charge in [-0.1, -0.05) is 6.92 Å². The molecule has 1 aromatic carbocycles. The molecule has 0 unspecified atom stereocenters. The van der Waals surface area contributed by atoms with Gasteiger partial charge in [0.1, 0.15) is 15.6 Å². The lowest BCUT2D eigenvalue weighted by Crippen LogP contribution is -1.95. The third-order valence-corrected chi connectivity index (χ3v) is 4.45. The lowest BCUT2D eigenvalue weighted by atomic mass is 10.2. The molecule has 1 heterocycles. The Kier molecular flexibility index (Phi) is 4.77. The second-order valence-electron chi connectivity index (χ2n) is 4.23. The van der Waals surface area contributed by atoms with Gasteiger partial charge in [-0.05, 0) is 47.5 Å². The van der Waals surface area contributed by atoms with Crippen molar-refractivity contribution in [1.82, 2.24) is 4.98 Å². The van der Waals surface area contributed by atoms with Crippen LogP contribution in [0.2, 0.25) is 0 Å². The van der Waals surface area contributed by atoms with Gasteiger partial charge in [0.15, 0.2) is 0 Å². The van der Waals surface area contributed by atoms with E-state index in [0.717, 1.165) is 22.2 Å². The summed E-state index contributed by atoms with van der Waals surface area (Å²) in [5.41, 5.74) is 1.42. The number of benzene rings is 1. The average molecular weight is 356 g/mol. The maximum absolute atomic E-state index is 11.0. The Morgan fingerprint density at radius 2 is 2.25 bits per heavy atom. The van der Waals surface area contributed by atoms with Crippen LogP contribution in [0.3, 0.4) is 0 Å². The fourth-order valence-electron chi connectivity index (χ4n) is 1.68. The van der Waals surface area contributed by atoms with Crippen molar-refractivity contribution in [3.05, 3.63) is 33.2 Å². The fourth-order valence-corrected chi connectivity index (χ4v) is 3.08. The Balaban J connectivity index is 2.32. The first-order valence-electron chi connectivity index (χ1n) is 6.16. The van der Waals surface area contributed by atoms with Crippen molar-refractivity contribution in [2.45, 2.75) is 20.3 Å². The van der Waals surface area contributed by atoms with Crippen LogP contribution in [0.4, 0.5) is 0 Å². The number of aryl methyl sites for hydroxylation is 1. The number of ether oxygens (including phenoxy) is 1. The van der Waals surface area contributed by atoms with E-state index in [1.807, 2.05) is 25.1 Å². The molecular weight excluding hydrogens is 342 g/mol. The third kappa shape index (κ3) is 3.19. The number of nitrogens with zero attached hydrogens (tertiary/aromatic N) is 1. The summed E-state index contributed by atoms with van der Waals surface area (Å²) < 4.78 is 6.43. The van der Waals surface area contributed by atoms with Crippen LogP contribution in [-0.4, -0.2) is 22.7 Å². The molecule has 1 aromatic heterocycles. The summed E-state index contributed by atoms with van der Waals surface area (Å²) in [5.74, 6) is -0.157. The summed E-state index contributed by atoms with van der Waals surface area (Å²) in [6.45, 7) is 4.42. The summed E-state index contributed by atoms with van der Waals surface area (Å²) in [7, 11) is 0. The standard InChI is InChI=1S/C14H14BrNO3S/c1-3-6-19-11-5-4-9(7-10(11)15)13-16-8(2)12(20-13)14(17)18/h4-5,7H,3,6H2,1-2H3,(H,17,18). The Labute approximate surface area is 129 Å². The van der Waals surface area contributed by atoms with E-state index < -0.39 is 5.97 Å². The Hall–Kier alpha value is -1.40. The van der Waals surface area contributed by atoms with Crippen LogP contribution >= 0.6 is 27.3 Å². The molecule has 4 nitrogen and oxygen atoms in total. The van der Waals surface area contributed by atoms with Crippen molar-refractivity contribution in [2.24, 2.45) is 0 Å². The molecule has 0 aliphatic heterocycles. The molecule has 20 heavy (non-hydrogen) atoms. The van der Waals surface area contributed by atoms with Crippen LogP contribution in [0.1, 0.15) is 28.7 Å². The molecule has 106 valence electrons. The van der Waals surface area contributed by atoms with Crippen molar-refractivity contribution in [1.29, 1.82) is 0 Å². The van der Waals surface area contributed by atoms with Gasteiger partial charge in [0.2, 0.25) is 0 Å². The number of rotatable bonds is 5. The molecule has 0 saturated heterocycles. The average Bonchev–Trinajstić information content (AvgIpc) is 2.79. The molecular formula is C14H14BrNO3S. The van der Waals surface area contributed by atoms with E-state index in [0.29, 0.717) is 17.3 Å². The van der Waals surface area contributed by atoms with Gasteiger partial charge in [-0.25, -0.2) is 9.78 Å². The van der Waals surface area contributed by atoms with Gasteiger partial charge >= 0.3 is 5.97 Å². The van der Waals surface area contributed by atoms with E-state index >= 15 is 0 Å². The number of carboxylic acid groups (broad SMARTS) is 1. The number of aromatic carboxylic acids is 1. The molecule has 1 N–H and O–H groups in total. The first-order valence-corrected chi connectivity index (χ1v) is 7.77. The Morgan fingerprint density at radius 3 is 2.80 bits per heavy atom. The highest BCUT2D eigenvalue weighted by Gasteiger charge is 2.15. The van der Waals surface area contributed by atoms with Crippen molar-refractivity contribution in [2.75, 3.05) is 6.61 Å². The minimum atomic E-state index is -0.937. The highest BCUT2D eigenvalue weighted by molar-refractivity contribution is 9.10. The quantitative estimate of drug-likeness (QED) is 0.864. The normalized spacial score (nSPS) is 10.6. The lowest BCUT2D eigenvalue weighted by molar-refractivity contribution is 0.0701. The van der Waals surface area contributed by atoms with Gasteiger partial charge < -0.3 is 9.84 Å². The molecule has 0 fully saturated rings. The third-order valence-electron chi connectivity index (χ3n) is 2.63. The zero-order valence-corrected chi connectivity index (χ0v) is 13.5. The van der Waals surface area contributed by atoms with E-state index in [1.54, 1.807) is 6.92 Å². The number of thiazole rings is 1. The van der Waals surface area contributed by atoms with Crippen molar-refractivity contribution >= 4 is 33.2 Å². The largest absolute Gasteiger partial charge is 0.492 e. The number of aromatic nitrogens is 1. The maximum atomic E-state index is 11.0. The summed E-state index contributed by atoms with van der Waals surface area (Å²) in [5, 5.41) is 9.76. The first kappa shape index (κ1) is 15.0. The Bertz CT molecular complexity index is 639. The summed E-state index contributed by atoms with van der Waals surface area (Å²) >= 11 is 4.65. The van der Waals surface area contributed by atoms with Crippen molar-refractivity contribution < 1.29 is 14.6 Å². The van der Waals surface area contributed by atoms with Crippen LogP contribution in [0.25, 0.3) is 10.6 Å². The molecule has 6 heteroatoms. The monoisotopic (exact) mass is 355 g/mol. The number of carboxylic acids is 1. The number of halogens is 1. The predicted molar refractivity (Wildman–Crippen MR) is 82.7 cm³/mol. The van der Waals surface area contributed by atoms with Crippen LogP contribution in [0.5, 0.6) is 5.75 Å². The van der Waals surface area contributed by atoms with Crippen LogP contribution in [0.15, 0.2) is 22.7 Å². The minimum Gasteiger partial charge on any atom is -0.492 e. The van der Waals surface area contributed by atoms with Crippen molar-refractivity contribution in [3.63, 3.8) is 0 Å². The van der Waals surface area contributed by atoms with Gasteiger partial charge in [0, 0.05) is 5.56 Å². The zero-order valence-electron chi connectivity index (χ0n) is 11.1. The van der Waals surface area contributed by atoms with Gasteiger partial charge in [-0.3, -0.25) is 0 Å². The molecule has 0 bridgehead atoms. The van der Waals surface area contributed by atoms with E-state index in [4.69, 9.17) is 9.84 Å². The van der Waals surface area contributed by atoms with Crippen LogP contribution in [0, 0.1) is 6.92 Å². The van der Waals surface area contributed by atoms with E-state index in [1.165, 1.54) is 11.3 Å². The minimum absolute atomic E-state index is 0.280. The Morgan fingerprint density at radius 1 is 1.50 bits per heavy atom. The summed E-state index contributed by atoms with van der Waals surface area (Å²) in [4.78, 5) is 15.6. The molecule has 2 aromatic rings. The molecule has 0 saturated carbocycles. The second kappa shape index (κ2) is 6.37. The van der Waals surface area contributed by atoms with Crippen molar-refractivity contribution in [3.8, 4) is 16.3 Å². The highest BCUT2D eigenvalue weighted by atomic mass is 79.9. The molecule has 0 aliphatic carbocycles. The summed E-state index contributed by atoms with van der Waals surface area (Å²) in [6.07, 6.45) is 0.946. The van der Waals surface area contributed by atoms with Gasteiger partial charge in [-0.2, -0.15) is 0 Å². The number of hydrogen-bond acceptors (Lipinski definition) is 4. The zero-order chi connectivity index (χ0) is 14.7. The SMILES string of the molecule is CCCOc1ccc(-c2nc(C)c(C(=O)O)s2)cc1Br. The van der Waals surface area contributed by atoms with E-state index in [-0.39, 0.29) is 4.88 Å². The van der Waals surface area contributed by atoms with Gasteiger partial charge in [0.25, 0.3) is 0 Å². The lowest BCUT2D eigenvalue weighted by Gasteiger charge is -2.07. The first-order chi connectivity index (χ1) is 9.52. The fraction of sp³-hybridized carbons (Fsp3) is 0.286. The van der Waals surface area contributed by atoms with Crippen LogP contribution < -0.4 is 4.74 Å². The van der Waals surface area contributed by atoms with Crippen LogP contribution in [-0.2, 0) is 0 Å². The predicted octanol–water partition coefficient (Wildman–Crippen LogP) is 4.37. The van der Waals surface area contributed by atoms with E-state index in [2.05, 4.69) is 20.9 Å². The molecule has 2 rings (SSSR count). The number of carbonyl (C=O) groups is 1. The summed E-state index contributed by atoms with van der Waals surface area (Å²) in [6, 6.07) is 5.65. The molecule has 0 spiro atoms. The second-order valence-corrected chi connectivity index (χ2v) is 6.09. The number of hydrogen-bond donors (Lipinski definition) is 1. The highest BCUT2D eigenvalue weighted by Crippen LogP contribution is 2.33. The molecule has 0 atom stereocenters. The van der Waals surface area contributed by atoms with Gasteiger partial charge in [0.05, 0.1) is 16.8 Å². The molecule has 0 radical (unpaired) electrons. The van der Waals surface area contributed by atoms with Gasteiger partial charge in [-0.15, -0.1) is 11.3 Å². The van der Waals surface area contributed by atoms with E-state index in [9.17, 15) is 4.79 Å². The maximum Gasteiger partial charge on any atom is 0.347 e.